The molecule has 6 nitrogen and oxygen atoms in total. The van der Waals surface area contributed by atoms with Gasteiger partial charge in [0.05, 0.1) is 15.7 Å². The standard InChI is InChI=1S/C18H17N5OS2/c1-21-16(24)15-13(6-11-25-15)19-17(21)22-7-9-23(10-8-22)18-20-12-4-2-3-5-14(12)26-18/h2-6,11H,7-10H2,1H3. The van der Waals surface area contributed by atoms with Gasteiger partial charge in [-0.2, -0.15) is 0 Å². The van der Waals surface area contributed by atoms with Gasteiger partial charge in [-0.15, -0.1) is 11.3 Å². The van der Waals surface area contributed by atoms with Crippen molar-refractivity contribution < 1.29 is 0 Å². The summed E-state index contributed by atoms with van der Waals surface area (Å²) in [6.45, 7) is 3.40. The molecule has 5 rings (SSSR count). The number of fused-ring (bicyclic) bond motifs is 2. The number of rotatable bonds is 2. The Balaban J connectivity index is 1.40. The molecule has 26 heavy (non-hydrogen) atoms. The molecule has 0 spiro atoms. The maximum absolute atomic E-state index is 12.5. The third kappa shape index (κ3) is 2.48. The fourth-order valence-corrected chi connectivity index (χ4v) is 5.17. The highest BCUT2D eigenvalue weighted by Crippen LogP contribution is 2.29. The molecule has 4 aromatic rings. The molecule has 1 aliphatic heterocycles. The van der Waals surface area contributed by atoms with E-state index in [1.807, 2.05) is 24.6 Å². The lowest BCUT2D eigenvalue weighted by atomic mass is 10.3. The van der Waals surface area contributed by atoms with Crippen LogP contribution in [0.2, 0.25) is 0 Å². The van der Waals surface area contributed by atoms with Crippen LogP contribution in [0.5, 0.6) is 0 Å². The third-order valence-electron chi connectivity index (χ3n) is 4.78. The van der Waals surface area contributed by atoms with E-state index >= 15 is 0 Å². The molecule has 1 aromatic carbocycles. The number of hydrogen-bond acceptors (Lipinski definition) is 7. The van der Waals surface area contributed by atoms with Crippen molar-refractivity contribution in [2.24, 2.45) is 7.05 Å². The second-order valence-corrected chi connectivity index (χ2v) is 8.27. The van der Waals surface area contributed by atoms with Gasteiger partial charge in [0.15, 0.2) is 5.13 Å². The van der Waals surface area contributed by atoms with Crippen LogP contribution in [-0.4, -0.2) is 40.7 Å². The number of aromatic nitrogens is 3. The third-order valence-corrected chi connectivity index (χ3v) is 6.77. The van der Waals surface area contributed by atoms with Gasteiger partial charge in [0.1, 0.15) is 4.70 Å². The van der Waals surface area contributed by atoms with Gasteiger partial charge in [0, 0.05) is 33.2 Å². The molecule has 0 aliphatic carbocycles. The topological polar surface area (TPSA) is 54.3 Å². The summed E-state index contributed by atoms with van der Waals surface area (Å²) < 4.78 is 3.62. The largest absolute Gasteiger partial charge is 0.345 e. The Morgan fingerprint density at radius 3 is 2.54 bits per heavy atom. The maximum Gasteiger partial charge on any atom is 0.272 e. The first-order valence-corrected chi connectivity index (χ1v) is 10.2. The van der Waals surface area contributed by atoms with E-state index in [9.17, 15) is 4.79 Å². The van der Waals surface area contributed by atoms with E-state index < -0.39 is 0 Å². The lowest BCUT2D eigenvalue weighted by molar-refractivity contribution is 0.622. The average Bonchev–Trinajstić information content (AvgIpc) is 3.31. The quantitative estimate of drug-likeness (QED) is 0.533. The van der Waals surface area contributed by atoms with Crippen LogP contribution in [0.25, 0.3) is 20.4 Å². The molecule has 0 unspecified atom stereocenters. The van der Waals surface area contributed by atoms with Gasteiger partial charge in [-0.1, -0.05) is 23.5 Å². The van der Waals surface area contributed by atoms with Crippen molar-refractivity contribution in [3.63, 3.8) is 0 Å². The van der Waals surface area contributed by atoms with Gasteiger partial charge in [-0.25, -0.2) is 9.97 Å². The van der Waals surface area contributed by atoms with Gasteiger partial charge in [0.2, 0.25) is 5.95 Å². The number of piperazine rings is 1. The fourth-order valence-electron chi connectivity index (χ4n) is 3.35. The first kappa shape index (κ1) is 15.8. The van der Waals surface area contributed by atoms with Gasteiger partial charge in [-0.05, 0) is 23.6 Å². The summed E-state index contributed by atoms with van der Waals surface area (Å²) in [7, 11) is 1.81. The molecule has 0 saturated carbocycles. The molecule has 0 radical (unpaired) electrons. The summed E-state index contributed by atoms with van der Waals surface area (Å²) in [6.07, 6.45) is 0. The number of anilines is 2. The van der Waals surface area contributed by atoms with Crippen LogP contribution in [0.1, 0.15) is 0 Å². The smallest absolute Gasteiger partial charge is 0.272 e. The molecule has 132 valence electrons. The van der Waals surface area contributed by atoms with Crippen molar-refractivity contribution in [2.75, 3.05) is 36.0 Å². The van der Waals surface area contributed by atoms with Crippen LogP contribution in [0.4, 0.5) is 11.1 Å². The number of thiophene rings is 1. The normalized spacial score (nSPS) is 15.3. The highest BCUT2D eigenvalue weighted by atomic mass is 32.1. The molecule has 8 heteroatoms. The Hall–Kier alpha value is -2.45. The Kier molecular flexibility index (Phi) is 3.68. The van der Waals surface area contributed by atoms with Crippen LogP contribution in [0.3, 0.4) is 0 Å². The van der Waals surface area contributed by atoms with E-state index in [0.29, 0.717) is 0 Å². The van der Waals surface area contributed by atoms with Crippen molar-refractivity contribution in [2.45, 2.75) is 0 Å². The van der Waals surface area contributed by atoms with E-state index in [4.69, 9.17) is 9.97 Å². The molecule has 3 aromatic heterocycles. The number of nitrogens with zero attached hydrogens (tertiary/aromatic N) is 5. The molecule has 1 saturated heterocycles. The SMILES string of the molecule is Cn1c(N2CCN(c3nc4ccccc4s3)CC2)nc2ccsc2c1=O. The monoisotopic (exact) mass is 383 g/mol. The van der Waals surface area contributed by atoms with Crippen LogP contribution in [-0.2, 0) is 7.05 Å². The summed E-state index contributed by atoms with van der Waals surface area (Å²) in [6, 6.07) is 10.2. The molecular weight excluding hydrogens is 366 g/mol. The Bertz CT molecular complexity index is 1120. The van der Waals surface area contributed by atoms with Crippen molar-refractivity contribution in [3.8, 4) is 0 Å². The zero-order chi connectivity index (χ0) is 17.7. The van der Waals surface area contributed by atoms with Gasteiger partial charge < -0.3 is 9.80 Å². The van der Waals surface area contributed by atoms with Crippen LogP contribution in [0, 0.1) is 0 Å². The lowest BCUT2D eigenvalue weighted by Crippen LogP contribution is -2.48. The van der Waals surface area contributed by atoms with E-state index in [0.717, 1.165) is 53.0 Å². The molecular formula is C18H17N5OS2. The van der Waals surface area contributed by atoms with Gasteiger partial charge in [-0.3, -0.25) is 9.36 Å². The first-order chi connectivity index (χ1) is 12.7. The Morgan fingerprint density at radius 2 is 1.73 bits per heavy atom. The number of benzene rings is 1. The van der Waals surface area contributed by atoms with E-state index in [1.165, 1.54) is 16.0 Å². The predicted molar refractivity (Wildman–Crippen MR) is 109 cm³/mol. The fraction of sp³-hybridized carbons (Fsp3) is 0.278. The molecule has 4 heterocycles. The van der Waals surface area contributed by atoms with Crippen molar-refractivity contribution in [3.05, 3.63) is 46.1 Å². The molecule has 0 amide bonds. The molecule has 1 fully saturated rings. The maximum atomic E-state index is 12.5. The highest BCUT2D eigenvalue weighted by molar-refractivity contribution is 7.22. The number of hydrogen-bond donors (Lipinski definition) is 0. The highest BCUT2D eigenvalue weighted by Gasteiger charge is 2.23. The second kappa shape index (κ2) is 6.07. The van der Waals surface area contributed by atoms with E-state index in [1.54, 1.807) is 15.9 Å². The van der Waals surface area contributed by atoms with Crippen LogP contribution < -0.4 is 15.4 Å². The van der Waals surface area contributed by atoms with Gasteiger partial charge >= 0.3 is 0 Å². The summed E-state index contributed by atoms with van der Waals surface area (Å²) in [5.41, 5.74) is 1.89. The summed E-state index contributed by atoms with van der Waals surface area (Å²) in [5.74, 6) is 0.754. The van der Waals surface area contributed by atoms with Crippen molar-refractivity contribution >= 4 is 54.2 Å². The summed E-state index contributed by atoms with van der Waals surface area (Å²) in [5, 5.41) is 2.99. The zero-order valence-corrected chi connectivity index (χ0v) is 15.9. The van der Waals surface area contributed by atoms with E-state index in [-0.39, 0.29) is 5.56 Å². The molecule has 0 N–H and O–H groups in total. The summed E-state index contributed by atoms with van der Waals surface area (Å²) >= 11 is 3.19. The second-order valence-electron chi connectivity index (χ2n) is 6.35. The Morgan fingerprint density at radius 1 is 0.962 bits per heavy atom. The molecule has 0 bridgehead atoms. The van der Waals surface area contributed by atoms with Gasteiger partial charge in [0.25, 0.3) is 5.56 Å². The lowest BCUT2D eigenvalue weighted by Gasteiger charge is -2.35. The van der Waals surface area contributed by atoms with E-state index in [2.05, 4.69) is 28.0 Å². The first-order valence-electron chi connectivity index (χ1n) is 8.50. The van der Waals surface area contributed by atoms with Crippen LogP contribution in [0.15, 0.2) is 40.5 Å². The molecule has 0 atom stereocenters. The van der Waals surface area contributed by atoms with Crippen molar-refractivity contribution in [1.82, 2.24) is 14.5 Å². The zero-order valence-electron chi connectivity index (χ0n) is 14.3. The minimum absolute atomic E-state index is 0.0357. The minimum Gasteiger partial charge on any atom is -0.345 e. The molecule has 1 aliphatic rings. The summed E-state index contributed by atoms with van der Waals surface area (Å²) in [4.78, 5) is 26.5. The predicted octanol–water partition coefficient (Wildman–Crippen LogP) is 2.93. The van der Waals surface area contributed by atoms with Crippen LogP contribution >= 0.6 is 22.7 Å². The van der Waals surface area contributed by atoms with Crippen molar-refractivity contribution in [1.29, 1.82) is 0 Å². The average molecular weight is 384 g/mol. The number of thiazole rings is 1. The number of para-hydroxylation sites is 1. The minimum atomic E-state index is 0.0357. The Labute approximate surface area is 158 Å².